The summed E-state index contributed by atoms with van der Waals surface area (Å²) in [4.78, 5) is 38.1. The van der Waals surface area contributed by atoms with Crippen molar-refractivity contribution in [1.29, 1.82) is 0 Å². The van der Waals surface area contributed by atoms with E-state index in [1.165, 1.54) is 0 Å². The molecule has 1 fully saturated rings. The number of carbonyl (C=O) groups excluding carboxylic acids is 2. The number of nitrogens with zero attached hydrogens (tertiary/aromatic N) is 1. The Morgan fingerprint density at radius 2 is 1.59 bits per heavy atom. The van der Waals surface area contributed by atoms with E-state index in [1.54, 1.807) is 4.90 Å². The Balaban J connectivity index is 1.35. The fraction of sp³-hybridized carbons (Fsp3) is 0.400. The standard InChI is InChI=1S/C25H28N2O5/c1-2-22(23(28)27-13-11-16(12-14-27)24(29)30)26-25(31)32-15-21-19-9-5-3-7-17(19)18-8-4-6-10-20(18)21/h3-10,16,21-22H,2,11-15H2,1H3,(H,26,31)(H,29,30)/t22-/m0/s1. The van der Waals surface area contributed by atoms with Crippen LogP contribution in [0, 0.1) is 5.92 Å². The zero-order valence-corrected chi connectivity index (χ0v) is 18.1. The highest BCUT2D eigenvalue weighted by molar-refractivity contribution is 5.86. The van der Waals surface area contributed by atoms with Crippen LogP contribution in [0.1, 0.15) is 43.2 Å². The second-order valence-corrected chi connectivity index (χ2v) is 8.37. The summed E-state index contributed by atoms with van der Waals surface area (Å²) in [5.41, 5.74) is 4.57. The van der Waals surface area contributed by atoms with Gasteiger partial charge in [-0.1, -0.05) is 55.5 Å². The Labute approximate surface area is 187 Å². The highest BCUT2D eigenvalue weighted by Gasteiger charge is 2.32. The van der Waals surface area contributed by atoms with Crippen LogP contribution in [0.15, 0.2) is 48.5 Å². The van der Waals surface area contributed by atoms with Gasteiger partial charge in [0.25, 0.3) is 0 Å². The molecule has 1 aliphatic heterocycles. The highest BCUT2D eigenvalue weighted by atomic mass is 16.5. The number of carboxylic acids is 1. The van der Waals surface area contributed by atoms with Gasteiger partial charge in [0.2, 0.25) is 5.91 Å². The van der Waals surface area contributed by atoms with Crippen LogP contribution in [0.5, 0.6) is 0 Å². The molecular formula is C25H28N2O5. The zero-order valence-electron chi connectivity index (χ0n) is 18.1. The molecule has 2 aromatic rings. The first-order valence-corrected chi connectivity index (χ1v) is 11.1. The van der Waals surface area contributed by atoms with Gasteiger partial charge in [-0.25, -0.2) is 4.79 Å². The molecule has 7 heteroatoms. The van der Waals surface area contributed by atoms with Gasteiger partial charge in [-0.15, -0.1) is 0 Å². The summed E-state index contributed by atoms with van der Waals surface area (Å²) >= 11 is 0. The summed E-state index contributed by atoms with van der Waals surface area (Å²) in [6, 6.07) is 15.5. The maximum absolute atomic E-state index is 12.8. The quantitative estimate of drug-likeness (QED) is 0.721. The Morgan fingerprint density at radius 1 is 1.03 bits per heavy atom. The third-order valence-corrected chi connectivity index (χ3v) is 6.50. The van der Waals surface area contributed by atoms with Crippen molar-refractivity contribution in [2.45, 2.75) is 38.1 Å². The predicted octanol–water partition coefficient (Wildman–Crippen LogP) is 3.63. The van der Waals surface area contributed by atoms with Crippen LogP contribution in [-0.2, 0) is 14.3 Å². The van der Waals surface area contributed by atoms with Crippen molar-refractivity contribution in [1.82, 2.24) is 10.2 Å². The number of fused-ring (bicyclic) bond motifs is 3. The average molecular weight is 437 g/mol. The van der Waals surface area contributed by atoms with Gasteiger partial charge in [0, 0.05) is 19.0 Å². The number of piperidine rings is 1. The van der Waals surface area contributed by atoms with Gasteiger partial charge in [-0.2, -0.15) is 0 Å². The van der Waals surface area contributed by atoms with Gasteiger partial charge in [0.05, 0.1) is 5.92 Å². The first-order chi connectivity index (χ1) is 15.5. The molecule has 0 unspecified atom stereocenters. The van der Waals surface area contributed by atoms with Crippen molar-refractivity contribution in [2.75, 3.05) is 19.7 Å². The minimum absolute atomic E-state index is 0.0426. The van der Waals surface area contributed by atoms with Gasteiger partial charge in [-0.3, -0.25) is 9.59 Å². The number of rotatable bonds is 6. The lowest BCUT2D eigenvalue weighted by atomic mass is 9.96. The van der Waals surface area contributed by atoms with Crippen LogP contribution in [-0.4, -0.2) is 53.7 Å². The normalized spacial score (nSPS) is 16.7. The molecule has 32 heavy (non-hydrogen) atoms. The van der Waals surface area contributed by atoms with Crippen LogP contribution < -0.4 is 5.32 Å². The lowest BCUT2D eigenvalue weighted by Crippen LogP contribution is -2.51. The zero-order chi connectivity index (χ0) is 22.7. The molecule has 168 valence electrons. The summed E-state index contributed by atoms with van der Waals surface area (Å²) in [6.45, 7) is 2.79. The van der Waals surface area contributed by atoms with Crippen molar-refractivity contribution >= 4 is 18.0 Å². The number of ether oxygens (including phenoxy) is 1. The smallest absolute Gasteiger partial charge is 0.407 e. The second-order valence-electron chi connectivity index (χ2n) is 8.37. The third kappa shape index (κ3) is 4.33. The van der Waals surface area contributed by atoms with Crippen molar-refractivity contribution < 1.29 is 24.2 Å². The van der Waals surface area contributed by atoms with Crippen LogP contribution >= 0.6 is 0 Å². The largest absolute Gasteiger partial charge is 0.481 e. The van der Waals surface area contributed by atoms with E-state index in [9.17, 15) is 14.4 Å². The SMILES string of the molecule is CC[C@H](NC(=O)OCC1c2ccccc2-c2ccccc21)C(=O)N1CCC(C(=O)O)CC1. The van der Waals surface area contributed by atoms with Gasteiger partial charge >= 0.3 is 12.1 Å². The number of benzene rings is 2. The van der Waals surface area contributed by atoms with E-state index >= 15 is 0 Å². The Hall–Kier alpha value is -3.35. The first-order valence-electron chi connectivity index (χ1n) is 11.1. The van der Waals surface area contributed by atoms with Gasteiger partial charge in [0.15, 0.2) is 0 Å². The van der Waals surface area contributed by atoms with E-state index in [-0.39, 0.29) is 18.4 Å². The molecule has 0 aromatic heterocycles. The number of amides is 2. The summed E-state index contributed by atoms with van der Waals surface area (Å²) in [6.07, 6.45) is 0.680. The van der Waals surface area contributed by atoms with Crippen LogP contribution in [0.3, 0.4) is 0 Å². The molecule has 7 nitrogen and oxygen atoms in total. The molecule has 0 radical (unpaired) electrons. The number of nitrogens with one attached hydrogen (secondary N) is 1. The molecule has 0 bridgehead atoms. The van der Waals surface area contributed by atoms with E-state index in [2.05, 4.69) is 29.6 Å². The highest BCUT2D eigenvalue weighted by Crippen LogP contribution is 2.44. The van der Waals surface area contributed by atoms with Crippen molar-refractivity contribution in [2.24, 2.45) is 5.92 Å². The number of alkyl carbamates (subject to hydrolysis) is 1. The number of aliphatic carboxylic acids is 1. The third-order valence-electron chi connectivity index (χ3n) is 6.50. The number of hydrogen-bond acceptors (Lipinski definition) is 4. The van der Waals surface area contributed by atoms with Crippen LogP contribution in [0.4, 0.5) is 4.79 Å². The molecule has 0 spiro atoms. The van der Waals surface area contributed by atoms with E-state index < -0.39 is 24.0 Å². The minimum atomic E-state index is -0.819. The van der Waals surface area contributed by atoms with E-state index in [0.29, 0.717) is 32.4 Å². The molecule has 1 aliphatic carbocycles. The molecule has 4 rings (SSSR count). The Bertz CT molecular complexity index is 967. The molecule has 2 amide bonds. The fourth-order valence-corrected chi connectivity index (χ4v) is 4.69. The topological polar surface area (TPSA) is 95.9 Å². The number of carboxylic acid groups (broad SMARTS) is 1. The molecule has 2 aromatic carbocycles. The first kappa shape index (κ1) is 21.9. The molecule has 1 atom stereocenters. The number of likely N-dealkylation sites (tertiary alicyclic amines) is 1. The number of carbonyl (C=O) groups is 3. The lowest BCUT2D eigenvalue weighted by molar-refractivity contribution is -0.146. The summed E-state index contributed by atoms with van der Waals surface area (Å²) < 4.78 is 5.56. The number of hydrogen-bond donors (Lipinski definition) is 2. The maximum Gasteiger partial charge on any atom is 0.407 e. The monoisotopic (exact) mass is 436 g/mol. The summed E-state index contributed by atoms with van der Waals surface area (Å²) in [5, 5.41) is 11.8. The van der Waals surface area contributed by atoms with Gasteiger partial charge in [0.1, 0.15) is 12.6 Å². The summed E-state index contributed by atoms with van der Waals surface area (Å²) in [7, 11) is 0. The molecule has 0 saturated carbocycles. The fourth-order valence-electron chi connectivity index (χ4n) is 4.69. The maximum atomic E-state index is 12.8. The van der Waals surface area contributed by atoms with Crippen LogP contribution in [0.2, 0.25) is 0 Å². The molecular weight excluding hydrogens is 408 g/mol. The van der Waals surface area contributed by atoms with E-state index in [1.807, 2.05) is 31.2 Å². The minimum Gasteiger partial charge on any atom is -0.481 e. The van der Waals surface area contributed by atoms with Gasteiger partial charge < -0.3 is 20.1 Å². The van der Waals surface area contributed by atoms with Crippen molar-refractivity contribution in [3.63, 3.8) is 0 Å². The second kappa shape index (κ2) is 9.42. The Morgan fingerprint density at radius 3 is 2.12 bits per heavy atom. The van der Waals surface area contributed by atoms with Crippen molar-refractivity contribution in [3.8, 4) is 11.1 Å². The van der Waals surface area contributed by atoms with E-state index in [4.69, 9.17) is 9.84 Å². The molecule has 1 saturated heterocycles. The summed E-state index contributed by atoms with van der Waals surface area (Å²) in [5.74, 6) is -1.46. The average Bonchev–Trinajstić information content (AvgIpc) is 3.14. The Kier molecular flexibility index (Phi) is 6.44. The lowest BCUT2D eigenvalue weighted by Gasteiger charge is -2.32. The van der Waals surface area contributed by atoms with Crippen molar-refractivity contribution in [3.05, 3.63) is 59.7 Å². The molecule has 2 N–H and O–H groups in total. The molecule has 2 aliphatic rings. The van der Waals surface area contributed by atoms with E-state index in [0.717, 1.165) is 22.3 Å². The predicted molar refractivity (Wildman–Crippen MR) is 119 cm³/mol. The van der Waals surface area contributed by atoms with Gasteiger partial charge in [-0.05, 0) is 41.5 Å². The van der Waals surface area contributed by atoms with Crippen LogP contribution in [0.25, 0.3) is 11.1 Å². The molecule has 1 heterocycles.